The molecule has 0 saturated heterocycles. The second-order valence-corrected chi connectivity index (χ2v) is 4.56. The van der Waals surface area contributed by atoms with Crippen LogP contribution in [0.15, 0.2) is 23.8 Å². The molecule has 1 nitrogen and oxygen atoms in total. The van der Waals surface area contributed by atoms with E-state index in [1.165, 1.54) is 24.1 Å². The summed E-state index contributed by atoms with van der Waals surface area (Å²) in [4.78, 5) is 11.9. The molecular formula is C15H17FO. The molecule has 0 atom stereocenters. The van der Waals surface area contributed by atoms with Crippen LogP contribution in [0.5, 0.6) is 0 Å². The molecular weight excluding hydrogens is 215 g/mol. The number of hydrogen-bond acceptors (Lipinski definition) is 1. The van der Waals surface area contributed by atoms with Crippen LogP contribution in [-0.2, 0) is 0 Å². The van der Waals surface area contributed by atoms with Crippen molar-refractivity contribution in [2.75, 3.05) is 0 Å². The normalized spacial score (nSPS) is 14.4. The quantitative estimate of drug-likeness (QED) is 0.704. The molecule has 0 aromatic heterocycles. The van der Waals surface area contributed by atoms with Crippen molar-refractivity contribution >= 4 is 11.9 Å². The zero-order valence-corrected chi connectivity index (χ0v) is 10.1. The molecule has 1 aliphatic rings. The second-order valence-electron chi connectivity index (χ2n) is 4.56. The molecule has 0 aliphatic heterocycles. The van der Waals surface area contributed by atoms with E-state index in [-0.39, 0.29) is 11.6 Å². The van der Waals surface area contributed by atoms with Gasteiger partial charge in [-0.3, -0.25) is 4.79 Å². The second kappa shape index (κ2) is 5.26. The Labute approximate surface area is 101 Å². The summed E-state index contributed by atoms with van der Waals surface area (Å²) in [5, 5.41) is 0. The predicted molar refractivity (Wildman–Crippen MR) is 67.5 cm³/mol. The van der Waals surface area contributed by atoms with Crippen LogP contribution in [0.4, 0.5) is 4.39 Å². The summed E-state index contributed by atoms with van der Waals surface area (Å²) >= 11 is 0. The van der Waals surface area contributed by atoms with Crippen molar-refractivity contribution in [1.82, 2.24) is 0 Å². The van der Waals surface area contributed by atoms with Crippen LogP contribution in [0.25, 0.3) is 6.08 Å². The summed E-state index contributed by atoms with van der Waals surface area (Å²) in [5.74, 6) is -0.164. The Morgan fingerprint density at radius 2 is 2.18 bits per heavy atom. The third kappa shape index (κ3) is 2.82. The molecule has 17 heavy (non-hydrogen) atoms. The van der Waals surface area contributed by atoms with Crippen LogP contribution in [-0.4, -0.2) is 5.78 Å². The van der Waals surface area contributed by atoms with Gasteiger partial charge in [-0.25, -0.2) is 4.39 Å². The molecule has 0 bridgehead atoms. The minimum absolute atomic E-state index is 0.110. The fraction of sp³-hybridized carbons (Fsp3) is 0.400. The minimum atomic E-state index is -0.274. The van der Waals surface area contributed by atoms with Gasteiger partial charge in [-0.2, -0.15) is 0 Å². The Morgan fingerprint density at radius 3 is 2.76 bits per heavy atom. The Hall–Kier alpha value is -1.44. The minimum Gasteiger partial charge on any atom is -0.294 e. The monoisotopic (exact) mass is 232 g/mol. The highest BCUT2D eigenvalue weighted by Gasteiger charge is 2.13. The smallest absolute Gasteiger partial charge is 0.163 e. The molecule has 1 aromatic carbocycles. The van der Waals surface area contributed by atoms with Gasteiger partial charge >= 0.3 is 0 Å². The Kier molecular flexibility index (Phi) is 3.72. The van der Waals surface area contributed by atoms with Crippen molar-refractivity contribution in [2.45, 2.75) is 39.0 Å². The number of rotatable bonds is 4. The van der Waals surface area contributed by atoms with Crippen LogP contribution < -0.4 is 0 Å². The molecule has 0 unspecified atom stereocenters. The average Bonchev–Trinajstić information content (AvgIpc) is 2.24. The topological polar surface area (TPSA) is 17.1 Å². The SMILES string of the molecule is CCCC(=O)c1ccc(F)cc1C=C1CCC1. The molecule has 1 fully saturated rings. The third-order valence-electron chi connectivity index (χ3n) is 3.15. The standard InChI is InChI=1S/C15H17FO/c1-2-4-15(17)14-8-7-13(16)10-12(14)9-11-5-3-6-11/h7-10H,2-6H2,1H3. The molecule has 1 aromatic rings. The molecule has 2 heteroatoms. The lowest BCUT2D eigenvalue weighted by Gasteiger charge is -2.16. The van der Waals surface area contributed by atoms with E-state index in [2.05, 4.69) is 0 Å². The number of Topliss-reactive ketones (excluding diaryl/α,β-unsaturated/α-hetero) is 1. The van der Waals surface area contributed by atoms with Gasteiger partial charge in [0.2, 0.25) is 0 Å². The molecule has 0 radical (unpaired) electrons. The van der Waals surface area contributed by atoms with Gasteiger partial charge in [0.05, 0.1) is 0 Å². The maximum absolute atomic E-state index is 13.2. The summed E-state index contributed by atoms with van der Waals surface area (Å²) in [6.07, 6.45) is 6.71. The van der Waals surface area contributed by atoms with Gasteiger partial charge in [-0.15, -0.1) is 0 Å². The Balaban J connectivity index is 2.33. The summed E-state index contributed by atoms with van der Waals surface area (Å²) in [6.45, 7) is 1.98. The first-order chi connectivity index (χ1) is 8.20. The van der Waals surface area contributed by atoms with Gasteiger partial charge in [-0.1, -0.05) is 18.6 Å². The van der Waals surface area contributed by atoms with E-state index in [1.54, 1.807) is 6.07 Å². The van der Waals surface area contributed by atoms with Crippen molar-refractivity contribution in [3.8, 4) is 0 Å². The van der Waals surface area contributed by atoms with E-state index in [0.717, 1.165) is 24.8 Å². The van der Waals surface area contributed by atoms with E-state index in [1.807, 2.05) is 13.0 Å². The fourth-order valence-corrected chi connectivity index (χ4v) is 2.01. The fourth-order valence-electron chi connectivity index (χ4n) is 2.01. The largest absolute Gasteiger partial charge is 0.294 e. The Morgan fingerprint density at radius 1 is 1.41 bits per heavy atom. The zero-order valence-electron chi connectivity index (χ0n) is 10.1. The van der Waals surface area contributed by atoms with Crippen LogP contribution >= 0.6 is 0 Å². The van der Waals surface area contributed by atoms with Crippen molar-refractivity contribution in [3.63, 3.8) is 0 Å². The molecule has 1 aliphatic carbocycles. The van der Waals surface area contributed by atoms with Crippen LogP contribution in [0.3, 0.4) is 0 Å². The number of carbonyl (C=O) groups excluding carboxylic acids is 1. The summed E-state index contributed by atoms with van der Waals surface area (Å²) in [6, 6.07) is 4.44. The first-order valence-corrected chi connectivity index (χ1v) is 6.23. The Bertz CT molecular complexity index is 454. The molecule has 0 N–H and O–H groups in total. The van der Waals surface area contributed by atoms with Gasteiger partial charge in [-0.05, 0) is 49.4 Å². The lowest BCUT2D eigenvalue weighted by atomic mass is 9.89. The molecule has 1 saturated carbocycles. The highest BCUT2D eigenvalue weighted by molar-refractivity contribution is 5.99. The van der Waals surface area contributed by atoms with Crippen molar-refractivity contribution in [2.24, 2.45) is 0 Å². The summed E-state index contributed by atoms with van der Waals surface area (Å²) < 4.78 is 13.2. The number of ketones is 1. The molecule has 2 rings (SSSR count). The lowest BCUT2D eigenvalue weighted by molar-refractivity contribution is 0.0981. The third-order valence-corrected chi connectivity index (χ3v) is 3.15. The number of hydrogen-bond donors (Lipinski definition) is 0. The van der Waals surface area contributed by atoms with Crippen molar-refractivity contribution < 1.29 is 9.18 Å². The van der Waals surface area contributed by atoms with Crippen molar-refractivity contribution in [3.05, 3.63) is 40.7 Å². The number of halogens is 1. The van der Waals surface area contributed by atoms with Gasteiger partial charge < -0.3 is 0 Å². The number of carbonyl (C=O) groups is 1. The van der Waals surface area contributed by atoms with E-state index in [0.29, 0.717) is 12.0 Å². The number of benzene rings is 1. The van der Waals surface area contributed by atoms with Gasteiger partial charge in [0.25, 0.3) is 0 Å². The van der Waals surface area contributed by atoms with Gasteiger partial charge in [0.15, 0.2) is 5.78 Å². The van der Waals surface area contributed by atoms with E-state index >= 15 is 0 Å². The highest BCUT2D eigenvalue weighted by Crippen LogP contribution is 2.29. The number of allylic oxidation sites excluding steroid dienone is 1. The predicted octanol–water partition coefficient (Wildman–Crippen LogP) is 4.38. The van der Waals surface area contributed by atoms with E-state index < -0.39 is 0 Å². The molecule has 0 heterocycles. The summed E-state index contributed by atoms with van der Waals surface area (Å²) in [5.41, 5.74) is 2.73. The first kappa shape index (κ1) is 12.0. The lowest BCUT2D eigenvalue weighted by Crippen LogP contribution is -2.03. The molecule has 0 spiro atoms. The van der Waals surface area contributed by atoms with E-state index in [9.17, 15) is 9.18 Å². The van der Waals surface area contributed by atoms with Crippen molar-refractivity contribution in [1.29, 1.82) is 0 Å². The van der Waals surface area contributed by atoms with Crippen LogP contribution in [0.1, 0.15) is 54.9 Å². The van der Waals surface area contributed by atoms with Crippen LogP contribution in [0.2, 0.25) is 0 Å². The molecule has 90 valence electrons. The maximum Gasteiger partial charge on any atom is 0.163 e. The van der Waals surface area contributed by atoms with Gasteiger partial charge in [0.1, 0.15) is 5.82 Å². The summed E-state index contributed by atoms with van der Waals surface area (Å²) in [7, 11) is 0. The maximum atomic E-state index is 13.2. The molecule has 0 amide bonds. The average molecular weight is 232 g/mol. The van der Waals surface area contributed by atoms with Gasteiger partial charge in [0, 0.05) is 12.0 Å². The van der Waals surface area contributed by atoms with E-state index in [4.69, 9.17) is 0 Å². The van der Waals surface area contributed by atoms with Crippen LogP contribution in [0, 0.1) is 5.82 Å². The zero-order chi connectivity index (χ0) is 12.3. The first-order valence-electron chi connectivity index (χ1n) is 6.23. The highest BCUT2D eigenvalue weighted by atomic mass is 19.1.